The van der Waals surface area contributed by atoms with Crippen LogP contribution >= 0.6 is 0 Å². The van der Waals surface area contributed by atoms with E-state index >= 15 is 0 Å². The second kappa shape index (κ2) is 5.29. The highest BCUT2D eigenvalue weighted by Crippen LogP contribution is 2.29. The van der Waals surface area contributed by atoms with E-state index in [1.54, 1.807) is 4.90 Å². The molecule has 21 heavy (non-hydrogen) atoms. The van der Waals surface area contributed by atoms with Crippen molar-refractivity contribution in [2.75, 3.05) is 13.1 Å². The van der Waals surface area contributed by atoms with E-state index in [9.17, 15) is 14.4 Å². The van der Waals surface area contributed by atoms with Crippen LogP contribution in [0.1, 0.15) is 19.3 Å². The molecular weight excluding hydrogens is 270 g/mol. The van der Waals surface area contributed by atoms with Crippen molar-refractivity contribution in [1.82, 2.24) is 10.2 Å². The SMILES string of the molecule is NCC1=CC2=C(CC=C1)C(=O)N(C1CCC(=O)NC1=O)C2. The third-order valence-corrected chi connectivity index (χ3v) is 4.08. The summed E-state index contributed by atoms with van der Waals surface area (Å²) in [5.41, 5.74) is 8.28. The first-order chi connectivity index (χ1) is 10.1. The zero-order chi connectivity index (χ0) is 15.0. The molecule has 6 nitrogen and oxygen atoms in total. The van der Waals surface area contributed by atoms with Gasteiger partial charge in [0.1, 0.15) is 6.04 Å². The topological polar surface area (TPSA) is 92.5 Å². The molecule has 1 aliphatic carbocycles. The molecule has 3 N–H and O–H groups in total. The molecule has 6 heteroatoms. The lowest BCUT2D eigenvalue weighted by atomic mass is 10.0. The number of piperidine rings is 1. The van der Waals surface area contributed by atoms with Crippen molar-refractivity contribution >= 4 is 17.7 Å². The van der Waals surface area contributed by atoms with Gasteiger partial charge in [0.25, 0.3) is 5.91 Å². The molecule has 0 radical (unpaired) electrons. The molecule has 1 unspecified atom stereocenters. The van der Waals surface area contributed by atoms with Gasteiger partial charge < -0.3 is 10.6 Å². The van der Waals surface area contributed by atoms with Crippen LogP contribution in [0.5, 0.6) is 0 Å². The van der Waals surface area contributed by atoms with Gasteiger partial charge in [0.05, 0.1) is 0 Å². The van der Waals surface area contributed by atoms with Gasteiger partial charge in [-0.05, 0) is 24.0 Å². The summed E-state index contributed by atoms with van der Waals surface area (Å²) in [4.78, 5) is 37.2. The van der Waals surface area contributed by atoms with E-state index < -0.39 is 6.04 Å². The first kappa shape index (κ1) is 13.8. The molecule has 3 rings (SSSR count). The van der Waals surface area contributed by atoms with Crippen LogP contribution in [-0.4, -0.2) is 41.8 Å². The summed E-state index contributed by atoms with van der Waals surface area (Å²) in [5, 5.41) is 2.30. The van der Waals surface area contributed by atoms with Crippen molar-refractivity contribution < 1.29 is 14.4 Å². The van der Waals surface area contributed by atoms with Crippen molar-refractivity contribution in [3.63, 3.8) is 0 Å². The van der Waals surface area contributed by atoms with Gasteiger partial charge in [-0.25, -0.2) is 0 Å². The number of nitrogens with one attached hydrogen (secondary N) is 1. The Kier molecular flexibility index (Phi) is 3.47. The van der Waals surface area contributed by atoms with Gasteiger partial charge >= 0.3 is 0 Å². The zero-order valence-electron chi connectivity index (χ0n) is 11.6. The van der Waals surface area contributed by atoms with Crippen LogP contribution in [0.25, 0.3) is 0 Å². The molecule has 0 bridgehead atoms. The Balaban J connectivity index is 1.83. The maximum atomic E-state index is 12.5. The Labute approximate surface area is 122 Å². The number of hydrogen-bond acceptors (Lipinski definition) is 4. The number of nitrogens with two attached hydrogens (primary N) is 1. The van der Waals surface area contributed by atoms with Gasteiger partial charge in [0.15, 0.2) is 0 Å². The van der Waals surface area contributed by atoms with Gasteiger partial charge in [-0.3, -0.25) is 19.7 Å². The molecular formula is C15H17N3O3. The minimum absolute atomic E-state index is 0.112. The average molecular weight is 287 g/mol. The summed E-state index contributed by atoms with van der Waals surface area (Å²) in [6.07, 6.45) is 7.00. The quantitative estimate of drug-likeness (QED) is 0.686. The monoisotopic (exact) mass is 287 g/mol. The van der Waals surface area contributed by atoms with Crippen molar-refractivity contribution in [1.29, 1.82) is 0 Å². The van der Waals surface area contributed by atoms with Crippen LogP contribution in [0, 0.1) is 0 Å². The Hall–Kier alpha value is -2.21. The Morgan fingerprint density at radius 2 is 2.14 bits per heavy atom. The predicted molar refractivity (Wildman–Crippen MR) is 75.8 cm³/mol. The van der Waals surface area contributed by atoms with E-state index in [4.69, 9.17) is 5.73 Å². The largest absolute Gasteiger partial charge is 0.326 e. The number of nitrogens with zero attached hydrogens (tertiary/aromatic N) is 1. The first-order valence-corrected chi connectivity index (χ1v) is 7.04. The van der Waals surface area contributed by atoms with Crippen molar-refractivity contribution in [2.45, 2.75) is 25.3 Å². The van der Waals surface area contributed by atoms with E-state index in [1.807, 2.05) is 18.2 Å². The lowest BCUT2D eigenvalue weighted by Crippen LogP contribution is -2.53. The van der Waals surface area contributed by atoms with Gasteiger partial charge in [0.2, 0.25) is 11.8 Å². The lowest BCUT2D eigenvalue weighted by Gasteiger charge is -2.30. The summed E-state index contributed by atoms with van der Waals surface area (Å²) in [6.45, 7) is 0.825. The minimum atomic E-state index is -0.555. The number of carbonyl (C=O) groups is 3. The molecule has 1 saturated heterocycles. The summed E-state index contributed by atoms with van der Waals surface area (Å²) >= 11 is 0. The van der Waals surface area contributed by atoms with Crippen LogP contribution in [0.15, 0.2) is 34.9 Å². The van der Waals surface area contributed by atoms with Crippen molar-refractivity contribution in [3.05, 3.63) is 34.9 Å². The van der Waals surface area contributed by atoms with E-state index in [0.29, 0.717) is 25.9 Å². The number of imide groups is 1. The molecule has 3 amide bonds. The van der Waals surface area contributed by atoms with Crippen LogP contribution in [0.4, 0.5) is 0 Å². The lowest BCUT2D eigenvalue weighted by molar-refractivity contribution is -0.142. The van der Waals surface area contributed by atoms with Gasteiger partial charge in [-0.2, -0.15) is 0 Å². The van der Waals surface area contributed by atoms with Gasteiger partial charge in [-0.15, -0.1) is 0 Å². The molecule has 110 valence electrons. The number of hydrogen-bond donors (Lipinski definition) is 2. The number of rotatable bonds is 2. The van der Waals surface area contributed by atoms with Crippen LogP contribution in [0.3, 0.4) is 0 Å². The standard InChI is InChI=1S/C15H17N3O3/c16-7-9-2-1-3-11-10(6-9)8-18(15(11)21)12-4-5-13(19)17-14(12)20/h1-2,6,12H,3-5,7-8,16H2,(H,17,19,20). The fourth-order valence-corrected chi connectivity index (χ4v) is 2.97. The zero-order valence-corrected chi connectivity index (χ0v) is 11.6. The Bertz CT molecular complexity index is 616. The normalized spacial score (nSPS) is 25.8. The van der Waals surface area contributed by atoms with Gasteiger partial charge in [-0.1, -0.05) is 18.2 Å². The summed E-state index contributed by atoms with van der Waals surface area (Å²) in [5.74, 6) is -0.764. The summed E-state index contributed by atoms with van der Waals surface area (Å²) < 4.78 is 0. The predicted octanol–water partition coefficient (Wildman–Crippen LogP) is -0.225. The highest BCUT2D eigenvalue weighted by molar-refractivity contribution is 6.05. The summed E-state index contributed by atoms with van der Waals surface area (Å²) in [6, 6.07) is -0.555. The van der Waals surface area contributed by atoms with E-state index in [2.05, 4.69) is 5.32 Å². The number of carbonyl (C=O) groups excluding carboxylic acids is 3. The van der Waals surface area contributed by atoms with E-state index in [0.717, 1.165) is 16.7 Å². The molecule has 0 aromatic carbocycles. The molecule has 1 fully saturated rings. The third-order valence-electron chi connectivity index (χ3n) is 4.08. The molecule has 2 aliphatic heterocycles. The highest BCUT2D eigenvalue weighted by atomic mass is 16.2. The first-order valence-electron chi connectivity index (χ1n) is 7.04. The fraction of sp³-hybridized carbons (Fsp3) is 0.400. The molecule has 3 aliphatic rings. The Morgan fingerprint density at radius 1 is 1.33 bits per heavy atom. The minimum Gasteiger partial charge on any atom is -0.326 e. The Morgan fingerprint density at radius 3 is 2.86 bits per heavy atom. The van der Waals surface area contributed by atoms with E-state index in [1.165, 1.54) is 0 Å². The van der Waals surface area contributed by atoms with Crippen LogP contribution in [0.2, 0.25) is 0 Å². The molecule has 2 heterocycles. The van der Waals surface area contributed by atoms with E-state index in [-0.39, 0.29) is 24.1 Å². The highest BCUT2D eigenvalue weighted by Gasteiger charge is 2.39. The molecule has 1 atom stereocenters. The second-order valence-electron chi connectivity index (χ2n) is 5.43. The maximum Gasteiger partial charge on any atom is 0.251 e. The third kappa shape index (κ3) is 2.42. The van der Waals surface area contributed by atoms with Crippen molar-refractivity contribution in [2.24, 2.45) is 5.73 Å². The molecule has 0 aromatic rings. The van der Waals surface area contributed by atoms with Crippen LogP contribution in [-0.2, 0) is 14.4 Å². The number of amides is 3. The second-order valence-corrected chi connectivity index (χ2v) is 5.43. The average Bonchev–Trinajstić information content (AvgIpc) is 2.64. The summed E-state index contributed by atoms with van der Waals surface area (Å²) in [7, 11) is 0. The fourth-order valence-electron chi connectivity index (χ4n) is 2.97. The van der Waals surface area contributed by atoms with Gasteiger partial charge in [0, 0.05) is 25.1 Å². The number of allylic oxidation sites excluding steroid dienone is 1. The maximum absolute atomic E-state index is 12.5. The molecule has 0 aromatic heterocycles. The molecule has 0 spiro atoms. The smallest absolute Gasteiger partial charge is 0.251 e. The van der Waals surface area contributed by atoms with Crippen LogP contribution < -0.4 is 11.1 Å². The van der Waals surface area contributed by atoms with Crippen molar-refractivity contribution in [3.8, 4) is 0 Å². The molecule has 0 saturated carbocycles.